The third-order valence-corrected chi connectivity index (χ3v) is 5.91. The standard InChI is InChI=1S/C13H20O4S/c14-12(1-2-18(15,16)17)13-6-9-3-10(7-13)5-11(4-9)8-13/h9-11H,1-8H2,(H,15,16,17)/p-1. The van der Waals surface area contributed by atoms with Crippen LogP contribution >= 0.6 is 0 Å². The zero-order valence-corrected chi connectivity index (χ0v) is 11.2. The van der Waals surface area contributed by atoms with Crippen LogP contribution in [0, 0.1) is 23.2 Å². The largest absolute Gasteiger partial charge is 0.748 e. The predicted octanol–water partition coefficient (Wildman–Crippen LogP) is 1.71. The summed E-state index contributed by atoms with van der Waals surface area (Å²) in [4.78, 5) is 12.3. The second-order valence-corrected chi connectivity index (χ2v) is 8.16. The van der Waals surface area contributed by atoms with Crippen molar-refractivity contribution in [2.45, 2.75) is 44.9 Å². The molecular weight excluding hydrogens is 252 g/mol. The lowest BCUT2D eigenvalue weighted by molar-refractivity contribution is -0.143. The first-order chi connectivity index (χ1) is 8.36. The van der Waals surface area contributed by atoms with Gasteiger partial charge in [0.05, 0.1) is 10.1 Å². The Morgan fingerprint density at radius 3 is 1.89 bits per heavy atom. The molecule has 0 spiro atoms. The Morgan fingerprint density at radius 1 is 1.06 bits per heavy atom. The molecule has 4 saturated carbocycles. The van der Waals surface area contributed by atoms with Crippen LogP contribution in [0.3, 0.4) is 0 Å². The molecule has 0 atom stereocenters. The summed E-state index contributed by atoms with van der Waals surface area (Å²) in [7, 11) is -4.26. The van der Waals surface area contributed by atoms with E-state index in [0.29, 0.717) is 17.8 Å². The number of hydrogen-bond donors (Lipinski definition) is 0. The van der Waals surface area contributed by atoms with Gasteiger partial charge in [-0.1, -0.05) is 0 Å². The second kappa shape index (κ2) is 4.04. The Balaban J connectivity index is 1.73. The molecule has 0 amide bonds. The molecule has 0 N–H and O–H groups in total. The molecule has 4 fully saturated rings. The third-order valence-electron chi connectivity index (χ3n) is 5.21. The highest BCUT2D eigenvalue weighted by Gasteiger charge is 2.53. The third kappa shape index (κ3) is 2.23. The van der Waals surface area contributed by atoms with Crippen molar-refractivity contribution in [3.63, 3.8) is 0 Å². The lowest BCUT2D eigenvalue weighted by Gasteiger charge is -2.56. The monoisotopic (exact) mass is 271 g/mol. The van der Waals surface area contributed by atoms with Crippen LogP contribution in [0.25, 0.3) is 0 Å². The Morgan fingerprint density at radius 2 is 1.50 bits per heavy atom. The lowest BCUT2D eigenvalue weighted by Crippen LogP contribution is -2.50. The average Bonchev–Trinajstić information content (AvgIpc) is 2.22. The van der Waals surface area contributed by atoms with Gasteiger partial charge in [0.25, 0.3) is 0 Å². The van der Waals surface area contributed by atoms with Crippen LogP contribution in [0.1, 0.15) is 44.9 Å². The number of rotatable bonds is 4. The smallest absolute Gasteiger partial charge is 0.140 e. The maximum atomic E-state index is 12.3. The minimum atomic E-state index is -4.26. The summed E-state index contributed by atoms with van der Waals surface area (Å²) >= 11 is 0. The molecular formula is C13H19O4S-. The van der Waals surface area contributed by atoms with Crippen LogP contribution in [0.5, 0.6) is 0 Å². The minimum absolute atomic E-state index is 0.0426. The molecule has 0 aromatic rings. The minimum Gasteiger partial charge on any atom is -0.748 e. The zero-order chi connectivity index (χ0) is 13.0. The number of hydrogen-bond acceptors (Lipinski definition) is 4. The van der Waals surface area contributed by atoms with Gasteiger partial charge in [-0.15, -0.1) is 0 Å². The fourth-order valence-electron chi connectivity index (χ4n) is 4.94. The molecule has 0 radical (unpaired) electrons. The lowest BCUT2D eigenvalue weighted by atomic mass is 9.48. The number of carbonyl (C=O) groups excluding carboxylic acids is 1. The normalized spacial score (nSPS) is 42.2. The predicted molar refractivity (Wildman–Crippen MR) is 64.8 cm³/mol. The van der Waals surface area contributed by atoms with Crippen molar-refractivity contribution < 1.29 is 17.8 Å². The van der Waals surface area contributed by atoms with Crippen LogP contribution in [0.2, 0.25) is 0 Å². The van der Waals surface area contributed by atoms with Gasteiger partial charge in [-0.05, 0) is 56.3 Å². The summed E-state index contributed by atoms with van der Waals surface area (Å²) in [5, 5.41) is 0. The SMILES string of the molecule is O=C(CCS(=O)(=O)[O-])C12CC3CC(CC(C3)C1)C2. The summed E-state index contributed by atoms with van der Waals surface area (Å²) in [6, 6.07) is 0. The molecule has 0 heterocycles. The van der Waals surface area contributed by atoms with Crippen molar-refractivity contribution >= 4 is 15.9 Å². The Hall–Kier alpha value is -0.420. The molecule has 102 valence electrons. The Labute approximate surface area is 108 Å². The maximum absolute atomic E-state index is 12.3. The van der Waals surface area contributed by atoms with Gasteiger partial charge in [-0.2, -0.15) is 0 Å². The van der Waals surface area contributed by atoms with Gasteiger partial charge < -0.3 is 4.55 Å². The van der Waals surface area contributed by atoms with E-state index < -0.39 is 15.9 Å². The number of carbonyl (C=O) groups is 1. The molecule has 0 unspecified atom stereocenters. The summed E-state index contributed by atoms with van der Waals surface area (Å²) in [5.41, 5.74) is -0.264. The van der Waals surface area contributed by atoms with E-state index in [0.717, 1.165) is 19.3 Å². The molecule has 4 aliphatic carbocycles. The summed E-state index contributed by atoms with van der Waals surface area (Å²) in [6.07, 6.45) is 6.52. The quantitative estimate of drug-likeness (QED) is 0.729. The first-order valence-corrected chi connectivity index (χ1v) is 8.41. The van der Waals surface area contributed by atoms with Crippen molar-refractivity contribution in [2.24, 2.45) is 23.2 Å². The van der Waals surface area contributed by atoms with E-state index in [1.807, 2.05) is 0 Å². The average molecular weight is 271 g/mol. The van der Waals surface area contributed by atoms with E-state index in [9.17, 15) is 17.8 Å². The van der Waals surface area contributed by atoms with Crippen LogP contribution in [-0.2, 0) is 14.9 Å². The molecule has 0 aliphatic heterocycles. The van der Waals surface area contributed by atoms with E-state index in [4.69, 9.17) is 0 Å². The van der Waals surface area contributed by atoms with Gasteiger partial charge in [0.1, 0.15) is 5.78 Å². The molecule has 0 aromatic carbocycles. The van der Waals surface area contributed by atoms with E-state index in [1.165, 1.54) is 19.3 Å². The second-order valence-electron chi connectivity index (χ2n) is 6.63. The highest BCUT2D eigenvalue weighted by molar-refractivity contribution is 7.85. The van der Waals surface area contributed by atoms with Crippen LogP contribution in [-0.4, -0.2) is 24.5 Å². The van der Waals surface area contributed by atoms with Crippen molar-refractivity contribution in [3.8, 4) is 0 Å². The van der Waals surface area contributed by atoms with Gasteiger partial charge in [-0.3, -0.25) is 4.79 Å². The maximum Gasteiger partial charge on any atom is 0.140 e. The van der Waals surface area contributed by atoms with E-state index in [1.54, 1.807) is 0 Å². The molecule has 4 bridgehead atoms. The summed E-state index contributed by atoms with van der Waals surface area (Å²) < 4.78 is 32.0. The van der Waals surface area contributed by atoms with E-state index in [2.05, 4.69) is 0 Å². The topological polar surface area (TPSA) is 74.3 Å². The fraction of sp³-hybridized carbons (Fsp3) is 0.923. The van der Waals surface area contributed by atoms with Crippen molar-refractivity contribution in [2.75, 3.05) is 5.75 Å². The van der Waals surface area contributed by atoms with Gasteiger partial charge in [-0.25, -0.2) is 8.42 Å². The Kier molecular flexibility index (Phi) is 2.83. The first kappa shape index (κ1) is 12.6. The summed E-state index contributed by atoms with van der Waals surface area (Å²) in [6.45, 7) is 0. The molecule has 5 heteroatoms. The summed E-state index contributed by atoms with van der Waals surface area (Å²) in [5.74, 6) is 1.53. The van der Waals surface area contributed by atoms with Gasteiger partial charge in [0, 0.05) is 17.6 Å². The highest BCUT2D eigenvalue weighted by Crippen LogP contribution is 2.60. The van der Waals surface area contributed by atoms with Gasteiger partial charge >= 0.3 is 0 Å². The Bertz CT molecular complexity index is 430. The van der Waals surface area contributed by atoms with Crippen molar-refractivity contribution in [1.82, 2.24) is 0 Å². The first-order valence-electron chi connectivity index (χ1n) is 6.83. The highest BCUT2D eigenvalue weighted by atomic mass is 32.2. The number of Topliss-reactive ketones (excluding diaryl/α,β-unsaturated/α-hetero) is 1. The number of ketones is 1. The molecule has 4 rings (SSSR count). The van der Waals surface area contributed by atoms with E-state index in [-0.39, 0.29) is 17.6 Å². The van der Waals surface area contributed by atoms with Crippen LogP contribution < -0.4 is 0 Å². The molecule has 0 saturated heterocycles. The molecule has 4 aliphatic rings. The van der Waals surface area contributed by atoms with Crippen LogP contribution in [0.4, 0.5) is 0 Å². The van der Waals surface area contributed by atoms with Gasteiger partial charge in [0.15, 0.2) is 0 Å². The van der Waals surface area contributed by atoms with E-state index >= 15 is 0 Å². The fourth-order valence-corrected chi connectivity index (χ4v) is 5.37. The van der Waals surface area contributed by atoms with Crippen molar-refractivity contribution in [3.05, 3.63) is 0 Å². The zero-order valence-electron chi connectivity index (χ0n) is 10.4. The van der Waals surface area contributed by atoms with Crippen LogP contribution in [0.15, 0.2) is 0 Å². The van der Waals surface area contributed by atoms with Gasteiger partial charge in [0.2, 0.25) is 0 Å². The molecule has 18 heavy (non-hydrogen) atoms. The molecule has 4 nitrogen and oxygen atoms in total. The molecule has 0 aromatic heterocycles. The van der Waals surface area contributed by atoms with Crippen molar-refractivity contribution in [1.29, 1.82) is 0 Å².